The van der Waals surface area contributed by atoms with Gasteiger partial charge >= 0.3 is 0 Å². The third-order valence-corrected chi connectivity index (χ3v) is 6.95. The van der Waals surface area contributed by atoms with Crippen LogP contribution >= 0.6 is 0 Å². The van der Waals surface area contributed by atoms with Crippen molar-refractivity contribution in [2.75, 3.05) is 53.7 Å². The minimum atomic E-state index is -0.614. The van der Waals surface area contributed by atoms with Gasteiger partial charge in [-0.1, -0.05) is 26.0 Å². The second-order valence-electron chi connectivity index (χ2n) is 9.97. The highest BCUT2D eigenvalue weighted by molar-refractivity contribution is 5.96. The molecule has 0 saturated carbocycles. The number of methoxy groups -OCH3 is 2. The van der Waals surface area contributed by atoms with Crippen molar-refractivity contribution in [1.82, 2.24) is 10.2 Å². The summed E-state index contributed by atoms with van der Waals surface area (Å²) in [6.45, 7) is 8.19. The normalized spacial score (nSPS) is 19.0. The number of likely N-dealkylation sites (tertiary alicyclic amines) is 1. The number of para-hydroxylation sites is 1. The number of ether oxygens (including phenoxy) is 3. The standard InChI is InChI=1S/C27H47N3O5/c1-20(2)21(16-24(28)25(31)18-30-13-9-10-22(30)19-34-4)17-29-27(32)23-11-5-6-12-26(23)35-15-8-7-14-33-3/h5-6,11-12,20-22,24-25,31H,7-10,13-19,28H2,1-4H3,(H,29,32)/t21?,22-,24?,25?/m1/s1. The van der Waals surface area contributed by atoms with Crippen molar-refractivity contribution in [3.8, 4) is 5.75 Å². The number of carbonyl (C=O) groups is 1. The molecule has 4 atom stereocenters. The number of amides is 1. The maximum absolute atomic E-state index is 13.0. The molecule has 1 aliphatic heterocycles. The van der Waals surface area contributed by atoms with Crippen LogP contribution in [0.2, 0.25) is 0 Å². The topological polar surface area (TPSA) is 106 Å². The molecule has 0 aliphatic carbocycles. The number of β-amino-alcohol motifs (C(OH)–C–C–N with tert-alkyl or cyclic N) is 1. The molecule has 35 heavy (non-hydrogen) atoms. The molecule has 1 saturated heterocycles. The number of benzene rings is 1. The van der Waals surface area contributed by atoms with Crippen molar-refractivity contribution in [2.45, 2.75) is 64.1 Å². The monoisotopic (exact) mass is 493 g/mol. The molecule has 0 aromatic heterocycles. The van der Waals surface area contributed by atoms with E-state index >= 15 is 0 Å². The molecule has 8 nitrogen and oxygen atoms in total. The molecular weight excluding hydrogens is 446 g/mol. The number of rotatable bonds is 17. The van der Waals surface area contributed by atoms with Crippen molar-refractivity contribution in [3.05, 3.63) is 29.8 Å². The van der Waals surface area contributed by atoms with Crippen LogP contribution in [0.3, 0.4) is 0 Å². The van der Waals surface area contributed by atoms with Gasteiger partial charge in [0.1, 0.15) is 5.75 Å². The Hall–Kier alpha value is -1.71. The minimum Gasteiger partial charge on any atom is -0.493 e. The second-order valence-corrected chi connectivity index (χ2v) is 9.97. The lowest BCUT2D eigenvalue weighted by Crippen LogP contribution is -2.47. The summed E-state index contributed by atoms with van der Waals surface area (Å²) in [6, 6.07) is 7.32. The number of nitrogens with one attached hydrogen (secondary N) is 1. The van der Waals surface area contributed by atoms with Gasteiger partial charge in [-0.25, -0.2) is 0 Å². The van der Waals surface area contributed by atoms with E-state index in [4.69, 9.17) is 19.9 Å². The number of nitrogens with zero attached hydrogens (tertiary/aromatic N) is 1. The smallest absolute Gasteiger partial charge is 0.255 e. The van der Waals surface area contributed by atoms with E-state index in [1.165, 1.54) is 0 Å². The zero-order valence-corrected chi connectivity index (χ0v) is 22.1. The van der Waals surface area contributed by atoms with E-state index in [0.29, 0.717) is 62.6 Å². The summed E-state index contributed by atoms with van der Waals surface area (Å²) in [5.41, 5.74) is 6.97. The summed E-state index contributed by atoms with van der Waals surface area (Å²) in [5, 5.41) is 13.9. The van der Waals surface area contributed by atoms with Gasteiger partial charge in [-0.3, -0.25) is 9.69 Å². The van der Waals surface area contributed by atoms with Crippen LogP contribution in [0.1, 0.15) is 56.3 Å². The highest BCUT2D eigenvalue weighted by Crippen LogP contribution is 2.22. The largest absolute Gasteiger partial charge is 0.493 e. The minimum absolute atomic E-state index is 0.152. The number of hydrogen-bond acceptors (Lipinski definition) is 7. The molecule has 8 heteroatoms. The molecule has 0 spiro atoms. The number of aliphatic hydroxyl groups excluding tert-OH is 1. The highest BCUT2D eigenvalue weighted by atomic mass is 16.5. The van der Waals surface area contributed by atoms with E-state index in [0.717, 1.165) is 32.2 Å². The first-order valence-corrected chi connectivity index (χ1v) is 13.0. The Morgan fingerprint density at radius 2 is 1.94 bits per heavy atom. The third kappa shape index (κ3) is 10.1. The van der Waals surface area contributed by atoms with Crippen molar-refractivity contribution >= 4 is 5.91 Å². The van der Waals surface area contributed by atoms with Gasteiger partial charge in [0.2, 0.25) is 0 Å². The maximum atomic E-state index is 13.0. The average Bonchev–Trinajstić information content (AvgIpc) is 3.28. The molecule has 1 amide bonds. The fourth-order valence-electron chi connectivity index (χ4n) is 4.62. The predicted molar refractivity (Wildman–Crippen MR) is 139 cm³/mol. The van der Waals surface area contributed by atoms with E-state index in [-0.39, 0.29) is 17.9 Å². The summed E-state index contributed by atoms with van der Waals surface area (Å²) in [4.78, 5) is 15.2. The van der Waals surface area contributed by atoms with Crippen LogP contribution in [-0.4, -0.2) is 87.8 Å². The maximum Gasteiger partial charge on any atom is 0.255 e. The summed E-state index contributed by atoms with van der Waals surface area (Å²) in [7, 11) is 3.40. The first-order valence-electron chi connectivity index (χ1n) is 13.0. The SMILES string of the molecule is COCCCCOc1ccccc1C(=O)NCC(CC(N)C(O)CN1CCC[C@@H]1COC)C(C)C. The lowest BCUT2D eigenvalue weighted by Gasteiger charge is -2.31. The highest BCUT2D eigenvalue weighted by Gasteiger charge is 2.29. The lowest BCUT2D eigenvalue weighted by atomic mass is 9.87. The van der Waals surface area contributed by atoms with Crippen LogP contribution < -0.4 is 15.8 Å². The van der Waals surface area contributed by atoms with Crippen molar-refractivity contribution in [2.24, 2.45) is 17.6 Å². The Morgan fingerprint density at radius 3 is 2.66 bits per heavy atom. The molecule has 1 heterocycles. The molecule has 200 valence electrons. The quantitative estimate of drug-likeness (QED) is 0.287. The number of carbonyl (C=O) groups excluding carboxylic acids is 1. The number of aliphatic hydroxyl groups is 1. The van der Waals surface area contributed by atoms with E-state index in [1.807, 2.05) is 18.2 Å². The van der Waals surface area contributed by atoms with Crippen LogP contribution in [0, 0.1) is 11.8 Å². The van der Waals surface area contributed by atoms with E-state index < -0.39 is 6.10 Å². The summed E-state index contributed by atoms with van der Waals surface area (Å²) in [6.07, 6.45) is 4.01. The Kier molecular flexibility index (Phi) is 13.6. The van der Waals surface area contributed by atoms with E-state index in [1.54, 1.807) is 20.3 Å². The van der Waals surface area contributed by atoms with Crippen LogP contribution in [0.15, 0.2) is 24.3 Å². The first kappa shape index (κ1) is 29.5. The molecule has 0 radical (unpaired) electrons. The van der Waals surface area contributed by atoms with E-state index in [9.17, 15) is 9.90 Å². The third-order valence-electron chi connectivity index (χ3n) is 6.95. The fourth-order valence-corrected chi connectivity index (χ4v) is 4.62. The van der Waals surface area contributed by atoms with Crippen molar-refractivity contribution in [1.29, 1.82) is 0 Å². The lowest BCUT2D eigenvalue weighted by molar-refractivity contribution is 0.0527. The summed E-state index contributed by atoms with van der Waals surface area (Å²) >= 11 is 0. The zero-order chi connectivity index (χ0) is 25.6. The number of hydrogen-bond donors (Lipinski definition) is 3. The molecule has 3 unspecified atom stereocenters. The average molecular weight is 494 g/mol. The zero-order valence-electron chi connectivity index (χ0n) is 22.1. The van der Waals surface area contributed by atoms with Gasteiger partial charge in [0, 0.05) is 46.0 Å². The predicted octanol–water partition coefficient (Wildman–Crippen LogP) is 2.68. The van der Waals surface area contributed by atoms with Crippen molar-refractivity contribution in [3.63, 3.8) is 0 Å². The van der Waals surface area contributed by atoms with Crippen LogP contribution in [0.4, 0.5) is 0 Å². The second kappa shape index (κ2) is 16.1. The van der Waals surface area contributed by atoms with Crippen LogP contribution in [-0.2, 0) is 9.47 Å². The molecule has 4 N–H and O–H groups in total. The van der Waals surface area contributed by atoms with Gasteiger partial charge in [0.05, 0.1) is 24.9 Å². The molecule has 1 aromatic carbocycles. The van der Waals surface area contributed by atoms with Crippen LogP contribution in [0.5, 0.6) is 5.75 Å². The van der Waals surface area contributed by atoms with Gasteiger partial charge in [-0.05, 0) is 62.6 Å². The number of nitrogens with two attached hydrogens (primary N) is 1. The fraction of sp³-hybridized carbons (Fsp3) is 0.741. The molecule has 2 rings (SSSR count). The van der Waals surface area contributed by atoms with Gasteiger partial charge in [-0.2, -0.15) is 0 Å². The molecule has 1 fully saturated rings. The van der Waals surface area contributed by atoms with Crippen LogP contribution in [0.25, 0.3) is 0 Å². The van der Waals surface area contributed by atoms with E-state index in [2.05, 4.69) is 24.1 Å². The van der Waals surface area contributed by atoms with Crippen molar-refractivity contribution < 1.29 is 24.1 Å². The molecule has 1 aliphatic rings. The molecule has 1 aromatic rings. The Labute approximate surface area is 211 Å². The van der Waals surface area contributed by atoms with Gasteiger partial charge in [0.15, 0.2) is 0 Å². The van der Waals surface area contributed by atoms with Gasteiger partial charge in [-0.15, -0.1) is 0 Å². The molecule has 0 bridgehead atoms. The van der Waals surface area contributed by atoms with Gasteiger partial charge < -0.3 is 30.4 Å². The number of unbranched alkanes of at least 4 members (excludes halogenated alkanes) is 1. The Bertz CT molecular complexity index is 733. The Morgan fingerprint density at radius 1 is 1.20 bits per heavy atom. The summed E-state index contributed by atoms with van der Waals surface area (Å²) in [5.74, 6) is 0.900. The Balaban J connectivity index is 1.87. The first-order chi connectivity index (χ1) is 16.9. The summed E-state index contributed by atoms with van der Waals surface area (Å²) < 4.78 is 16.3. The molecular formula is C27H47N3O5. The van der Waals surface area contributed by atoms with Gasteiger partial charge in [0.25, 0.3) is 5.91 Å².